The summed E-state index contributed by atoms with van der Waals surface area (Å²) in [6.07, 6.45) is 4.94. The molecule has 1 aromatic rings. The van der Waals surface area contributed by atoms with Gasteiger partial charge in [0, 0.05) is 36.8 Å². The van der Waals surface area contributed by atoms with Crippen LogP contribution in [0.4, 0.5) is 10.5 Å². The second-order valence-electron chi connectivity index (χ2n) is 9.13. The Labute approximate surface area is 182 Å². The van der Waals surface area contributed by atoms with Crippen molar-refractivity contribution in [1.82, 2.24) is 9.80 Å². The quantitative estimate of drug-likeness (QED) is 0.792. The topological polar surface area (TPSA) is 80.3 Å². The van der Waals surface area contributed by atoms with Crippen LogP contribution in [0.5, 0.6) is 11.5 Å². The van der Waals surface area contributed by atoms with Gasteiger partial charge in [0.1, 0.15) is 0 Å². The highest BCUT2D eigenvalue weighted by atomic mass is 16.7. The summed E-state index contributed by atoms with van der Waals surface area (Å²) in [6.45, 7) is 6.12. The van der Waals surface area contributed by atoms with Crippen LogP contribution in [-0.2, 0) is 9.53 Å². The van der Waals surface area contributed by atoms with E-state index in [1.165, 1.54) is 0 Å². The van der Waals surface area contributed by atoms with Crippen LogP contribution in [0.1, 0.15) is 39.0 Å². The maximum absolute atomic E-state index is 12.8. The van der Waals surface area contributed by atoms with Crippen LogP contribution in [-0.4, -0.2) is 67.4 Å². The van der Waals surface area contributed by atoms with E-state index in [4.69, 9.17) is 14.2 Å². The minimum absolute atomic E-state index is 0.103. The van der Waals surface area contributed by atoms with Gasteiger partial charge in [-0.05, 0) is 69.7 Å². The zero-order valence-electron chi connectivity index (χ0n) is 18.1. The summed E-state index contributed by atoms with van der Waals surface area (Å²) in [5, 5.41) is 3.07. The Kier molecular flexibility index (Phi) is 5.42. The Morgan fingerprint density at radius 1 is 1.13 bits per heavy atom. The Balaban J connectivity index is 1.09. The highest BCUT2D eigenvalue weighted by Gasteiger charge is 2.58. The molecule has 168 valence electrons. The molecule has 0 bridgehead atoms. The Morgan fingerprint density at radius 2 is 1.87 bits per heavy atom. The maximum atomic E-state index is 12.8. The summed E-state index contributed by atoms with van der Waals surface area (Å²) in [7, 11) is 0. The van der Waals surface area contributed by atoms with Crippen molar-refractivity contribution in [1.29, 1.82) is 0 Å². The molecule has 2 saturated heterocycles. The predicted molar refractivity (Wildman–Crippen MR) is 114 cm³/mol. The molecule has 0 aromatic heterocycles. The number of anilines is 1. The van der Waals surface area contributed by atoms with E-state index >= 15 is 0 Å². The number of rotatable bonds is 4. The number of amides is 2. The molecule has 3 fully saturated rings. The van der Waals surface area contributed by atoms with Crippen molar-refractivity contribution in [2.75, 3.05) is 44.9 Å². The van der Waals surface area contributed by atoms with Crippen molar-refractivity contribution >= 4 is 17.7 Å². The third-order valence-electron chi connectivity index (χ3n) is 7.45. The van der Waals surface area contributed by atoms with Crippen LogP contribution >= 0.6 is 0 Å². The average Bonchev–Trinajstić information content (AvgIpc) is 3.28. The molecule has 1 N–H and O–H groups in total. The minimum Gasteiger partial charge on any atom is -0.454 e. The third-order valence-corrected chi connectivity index (χ3v) is 7.45. The maximum Gasteiger partial charge on any atom is 0.409 e. The fourth-order valence-corrected chi connectivity index (χ4v) is 5.44. The SMILES string of the molecule is CCOC(=O)N1CCC(N2CCC3(CC2)CC3C(=O)Nc2ccc3c(c2)OCO3)CC1. The number of hydrogen-bond acceptors (Lipinski definition) is 6. The van der Waals surface area contributed by atoms with Gasteiger partial charge >= 0.3 is 6.09 Å². The van der Waals surface area contributed by atoms with Gasteiger partial charge in [-0.15, -0.1) is 0 Å². The Bertz CT molecular complexity index is 844. The summed E-state index contributed by atoms with van der Waals surface area (Å²) < 4.78 is 15.9. The van der Waals surface area contributed by atoms with Gasteiger partial charge in [0.2, 0.25) is 12.7 Å². The first-order valence-electron chi connectivity index (χ1n) is 11.4. The molecule has 1 spiro atoms. The number of hydrogen-bond donors (Lipinski definition) is 1. The second-order valence-corrected chi connectivity index (χ2v) is 9.13. The molecule has 1 aliphatic carbocycles. The molecule has 0 radical (unpaired) electrons. The zero-order chi connectivity index (χ0) is 21.4. The van der Waals surface area contributed by atoms with Crippen molar-refractivity contribution in [2.24, 2.45) is 11.3 Å². The molecule has 4 aliphatic rings. The lowest BCUT2D eigenvalue weighted by molar-refractivity contribution is -0.118. The van der Waals surface area contributed by atoms with E-state index < -0.39 is 0 Å². The van der Waals surface area contributed by atoms with E-state index in [0.717, 1.165) is 69.7 Å². The number of ether oxygens (including phenoxy) is 3. The van der Waals surface area contributed by atoms with Crippen LogP contribution in [0, 0.1) is 11.3 Å². The molecular weight excluding hydrogens is 398 g/mol. The Hall–Kier alpha value is -2.48. The van der Waals surface area contributed by atoms with Crippen LogP contribution in [0.2, 0.25) is 0 Å². The fraction of sp³-hybridized carbons (Fsp3) is 0.652. The van der Waals surface area contributed by atoms with Gasteiger partial charge in [0.25, 0.3) is 0 Å². The number of nitrogens with one attached hydrogen (secondary N) is 1. The average molecular weight is 430 g/mol. The van der Waals surface area contributed by atoms with Gasteiger partial charge in [-0.25, -0.2) is 4.79 Å². The van der Waals surface area contributed by atoms with Crippen LogP contribution in [0.3, 0.4) is 0 Å². The van der Waals surface area contributed by atoms with Gasteiger partial charge in [0.05, 0.1) is 6.61 Å². The molecule has 3 aliphatic heterocycles. The monoisotopic (exact) mass is 429 g/mol. The summed E-state index contributed by atoms with van der Waals surface area (Å²) in [5.41, 5.74) is 0.935. The number of fused-ring (bicyclic) bond motifs is 1. The molecule has 5 rings (SSSR count). The number of piperidine rings is 2. The van der Waals surface area contributed by atoms with Crippen LogP contribution in [0.15, 0.2) is 18.2 Å². The van der Waals surface area contributed by atoms with Gasteiger partial charge < -0.3 is 29.3 Å². The van der Waals surface area contributed by atoms with E-state index in [0.29, 0.717) is 18.4 Å². The first-order valence-corrected chi connectivity index (χ1v) is 11.4. The van der Waals surface area contributed by atoms with E-state index in [1.807, 2.05) is 30.0 Å². The van der Waals surface area contributed by atoms with Crippen LogP contribution in [0.25, 0.3) is 0 Å². The van der Waals surface area contributed by atoms with E-state index in [9.17, 15) is 9.59 Å². The van der Waals surface area contributed by atoms with Crippen molar-refractivity contribution in [3.63, 3.8) is 0 Å². The predicted octanol–water partition coefficient (Wildman–Crippen LogP) is 3.08. The minimum atomic E-state index is -0.187. The first-order chi connectivity index (χ1) is 15.1. The van der Waals surface area contributed by atoms with Gasteiger partial charge in [-0.1, -0.05) is 0 Å². The van der Waals surface area contributed by atoms with Crippen molar-refractivity contribution in [2.45, 2.75) is 45.1 Å². The number of carbonyl (C=O) groups is 2. The lowest BCUT2D eigenvalue weighted by atomic mass is 9.88. The van der Waals surface area contributed by atoms with Gasteiger partial charge in [-0.3, -0.25) is 4.79 Å². The largest absolute Gasteiger partial charge is 0.454 e. The molecule has 1 atom stereocenters. The number of benzene rings is 1. The highest BCUT2D eigenvalue weighted by molar-refractivity contribution is 5.95. The molecule has 8 heteroatoms. The summed E-state index contributed by atoms with van der Waals surface area (Å²) in [6, 6.07) is 6.07. The molecule has 3 heterocycles. The first kappa shape index (κ1) is 20.4. The van der Waals surface area contributed by atoms with Crippen LogP contribution < -0.4 is 14.8 Å². The summed E-state index contributed by atoms with van der Waals surface area (Å²) in [5.74, 6) is 1.63. The number of nitrogens with zero attached hydrogens (tertiary/aromatic N) is 2. The fourth-order valence-electron chi connectivity index (χ4n) is 5.44. The second kappa shape index (κ2) is 8.22. The smallest absolute Gasteiger partial charge is 0.409 e. The lowest BCUT2D eigenvalue weighted by Crippen LogP contribution is -2.49. The highest BCUT2D eigenvalue weighted by Crippen LogP contribution is 2.60. The normalized spacial score (nSPS) is 24.8. The van der Waals surface area contributed by atoms with Crippen molar-refractivity contribution in [3.05, 3.63) is 18.2 Å². The molecule has 31 heavy (non-hydrogen) atoms. The van der Waals surface area contributed by atoms with E-state index in [2.05, 4.69) is 10.2 Å². The molecule has 1 aromatic carbocycles. The molecular formula is C23H31N3O5. The van der Waals surface area contributed by atoms with E-state index in [-0.39, 0.29) is 30.1 Å². The van der Waals surface area contributed by atoms with Crippen molar-refractivity contribution < 1.29 is 23.8 Å². The zero-order valence-corrected chi connectivity index (χ0v) is 18.1. The summed E-state index contributed by atoms with van der Waals surface area (Å²) >= 11 is 0. The molecule has 2 amide bonds. The van der Waals surface area contributed by atoms with Crippen molar-refractivity contribution in [3.8, 4) is 11.5 Å². The van der Waals surface area contributed by atoms with Gasteiger partial charge in [0.15, 0.2) is 11.5 Å². The summed E-state index contributed by atoms with van der Waals surface area (Å²) in [4.78, 5) is 29.1. The molecule has 1 unspecified atom stereocenters. The van der Waals surface area contributed by atoms with E-state index in [1.54, 1.807) is 0 Å². The lowest BCUT2D eigenvalue weighted by Gasteiger charge is -2.42. The molecule has 1 saturated carbocycles. The number of carbonyl (C=O) groups excluding carboxylic acids is 2. The Morgan fingerprint density at radius 3 is 2.61 bits per heavy atom. The molecule has 8 nitrogen and oxygen atoms in total. The standard InChI is InChI=1S/C23H31N3O5/c1-2-29-22(28)26-9-5-17(6-10-26)25-11-7-23(8-12-25)14-18(23)21(27)24-16-3-4-19-20(13-16)31-15-30-19/h3-4,13,17-18H,2,5-12,14-15H2,1H3,(H,24,27). The van der Waals surface area contributed by atoms with Gasteiger partial charge in [-0.2, -0.15) is 0 Å². The third kappa shape index (κ3) is 4.05. The number of likely N-dealkylation sites (tertiary alicyclic amines) is 2.